The molecule has 0 saturated heterocycles. The van der Waals surface area contributed by atoms with Gasteiger partial charge in [-0.3, -0.25) is 14.9 Å². The molecule has 0 atom stereocenters. The second kappa shape index (κ2) is 10.2. The quantitative estimate of drug-likeness (QED) is 0.314. The minimum absolute atomic E-state index is 0.0493. The largest absolute Gasteiger partial charge is 0.493 e. The molecule has 0 spiro atoms. The highest BCUT2D eigenvalue weighted by molar-refractivity contribution is 6.32. The number of hydrazone groups is 1. The monoisotopic (exact) mass is 439 g/mol. The van der Waals surface area contributed by atoms with Crippen LogP contribution in [0.1, 0.15) is 21.5 Å². The molecule has 0 saturated carbocycles. The number of nitrogens with zero attached hydrogens (tertiary/aromatic N) is 2. The van der Waals surface area contributed by atoms with Crippen LogP contribution in [0.4, 0.5) is 5.69 Å². The van der Waals surface area contributed by atoms with Crippen LogP contribution < -0.4 is 14.9 Å². The standard InChI is InChI=1S/C22H18ClN3O5/c1-30-21-11-16(7-10-20(21)31-14-15-5-3-2-4-6-15)13-24-25-22(27)17-8-9-18(23)19(12-17)26(28)29/h2-13H,14H2,1H3,(H,25,27)/b24-13+. The van der Waals surface area contributed by atoms with E-state index in [9.17, 15) is 14.9 Å². The Bertz CT molecular complexity index is 1120. The van der Waals surface area contributed by atoms with Crippen LogP contribution in [0, 0.1) is 10.1 Å². The average Bonchev–Trinajstić information content (AvgIpc) is 2.78. The van der Waals surface area contributed by atoms with Gasteiger partial charge in [-0.05, 0) is 41.5 Å². The third kappa shape index (κ3) is 5.80. The molecular weight excluding hydrogens is 422 g/mol. The Kier molecular flexibility index (Phi) is 7.18. The highest BCUT2D eigenvalue weighted by atomic mass is 35.5. The highest BCUT2D eigenvalue weighted by Gasteiger charge is 2.16. The number of benzene rings is 3. The molecule has 0 bridgehead atoms. The fourth-order valence-corrected chi connectivity index (χ4v) is 2.83. The number of nitro groups is 1. The third-order valence-electron chi connectivity index (χ3n) is 4.21. The van der Waals surface area contributed by atoms with Crippen molar-refractivity contribution >= 4 is 29.4 Å². The van der Waals surface area contributed by atoms with Crippen molar-refractivity contribution in [1.82, 2.24) is 5.43 Å². The molecule has 0 unspecified atom stereocenters. The first-order valence-electron chi connectivity index (χ1n) is 9.10. The number of rotatable bonds is 8. The van der Waals surface area contributed by atoms with Gasteiger partial charge in [0.1, 0.15) is 11.6 Å². The number of hydrogen-bond acceptors (Lipinski definition) is 6. The average molecular weight is 440 g/mol. The van der Waals surface area contributed by atoms with Crippen LogP contribution in [0.15, 0.2) is 71.8 Å². The summed E-state index contributed by atoms with van der Waals surface area (Å²) in [5.74, 6) is 0.478. The lowest BCUT2D eigenvalue weighted by molar-refractivity contribution is -0.384. The maximum absolute atomic E-state index is 12.2. The van der Waals surface area contributed by atoms with E-state index in [0.717, 1.165) is 11.6 Å². The zero-order valence-corrected chi connectivity index (χ0v) is 17.2. The van der Waals surface area contributed by atoms with Crippen LogP contribution in [-0.4, -0.2) is 24.2 Å². The van der Waals surface area contributed by atoms with Gasteiger partial charge in [-0.15, -0.1) is 0 Å². The lowest BCUT2D eigenvalue weighted by Gasteiger charge is -2.11. The Labute approximate surface area is 183 Å². The van der Waals surface area contributed by atoms with Crippen molar-refractivity contribution in [3.05, 3.63) is 98.6 Å². The Balaban J connectivity index is 1.65. The van der Waals surface area contributed by atoms with E-state index < -0.39 is 10.8 Å². The molecule has 0 aromatic heterocycles. The van der Waals surface area contributed by atoms with Crippen LogP contribution in [0.2, 0.25) is 5.02 Å². The van der Waals surface area contributed by atoms with Gasteiger partial charge < -0.3 is 9.47 Å². The molecule has 31 heavy (non-hydrogen) atoms. The van der Waals surface area contributed by atoms with Crippen molar-refractivity contribution in [2.75, 3.05) is 7.11 Å². The van der Waals surface area contributed by atoms with Crippen molar-refractivity contribution in [2.24, 2.45) is 5.10 Å². The van der Waals surface area contributed by atoms with Gasteiger partial charge in [-0.2, -0.15) is 5.10 Å². The number of amides is 1. The van der Waals surface area contributed by atoms with Gasteiger partial charge in [0.05, 0.1) is 18.2 Å². The Hall–Kier alpha value is -3.91. The van der Waals surface area contributed by atoms with Crippen LogP contribution in [0.25, 0.3) is 0 Å². The summed E-state index contributed by atoms with van der Waals surface area (Å²) in [6.07, 6.45) is 1.42. The lowest BCUT2D eigenvalue weighted by Crippen LogP contribution is -2.17. The van der Waals surface area contributed by atoms with Gasteiger partial charge in [0.15, 0.2) is 11.5 Å². The van der Waals surface area contributed by atoms with Crippen molar-refractivity contribution in [3.8, 4) is 11.5 Å². The van der Waals surface area contributed by atoms with Crippen LogP contribution in [0.3, 0.4) is 0 Å². The van der Waals surface area contributed by atoms with E-state index in [0.29, 0.717) is 23.7 Å². The van der Waals surface area contributed by atoms with E-state index in [1.807, 2.05) is 30.3 Å². The summed E-state index contributed by atoms with van der Waals surface area (Å²) >= 11 is 5.75. The minimum Gasteiger partial charge on any atom is -0.493 e. The normalized spacial score (nSPS) is 10.6. The molecule has 0 aliphatic carbocycles. The van der Waals surface area contributed by atoms with Gasteiger partial charge >= 0.3 is 0 Å². The SMILES string of the molecule is COc1cc(/C=N/NC(=O)c2ccc(Cl)c([N+](=O)[O-])c2)ccc1OCc1ccccc1. The van der Waals surface area contributed by atoms with Gasteiger partial charge in [-0.1, -0.05) is 41.9 Å². The number of hydrogen-bond donors (Lipinski definition) is 1. The first-order valence-corrected chi connectivity index (χ1v) is 9.48. The van der Waals surface area contributed by atoms with Crippen molar-refractivity contribution in [3.63, 3.8) is 0 Å². The summed E-state index contributed by atoms with van der Waals surface area (Å²) in [7, 11) is 1.53. The topological polar surface area (TPSA) is 103 Å². The first-order chi connectivity index (χ1) is 15.0. The maximum Gasteiger partial charge on any atom is 0.288 e. The minimum atomic E-state index is -0.657. The van der Waals surface area contributed by atoms with Gasteiger partial charge in [0.2, 0.25) is 0 Å². The fourth-order valence-electron chi connectivity index (χ4n) is 2.64. The highest BCUT2D eigenvalue weighted by Crippen LogP contribution is 2.28. The summed E-state index contributed by atoms with van der Waals surface area (Å²) in [4.78, 5) is 22.5. The Morgan fingerprint density at radius 1 is 1.13 bits per heavy atom. The molecule has 1 amide bonds. The van der Waals surface area contributed by atoms with Gasteiger partial charge in [-0.25, -0.2) is 5.43 Å². The van der Waals surface area contributed by atoms with E-state index in [-0.39, 0.29) is 16.3 Å². The number of nitrogens with one attached hydrogen (secondary N) is 1. The molecule has 0 radical (unpaired) electrons. The van der Waals surface area contributed by atoms with E-state index >= 15 is 0 Å². The lowest BCUT2D eigenvalue weighted by atomic mass is 10.2. The number of carbonyl (C=O) groups excluding carboxylic acids is 1. The third-order valence-corrected chi connectivity index (χ3v) is 4.53. The maximum atomic E-state index is 12.2. The zero-order chi connectivity index (χ0) is 22.2. The summed E-state index contributed by atoms with van der Waals surface area (Å²) < 4.78 is 11.2. The van der Waals surface area contributed by atoms with Crippen LogP contribution in [0.5, 0.6) is 11.5 Å². The zero-order valence-electron chi connectivity index (χ0n) is 16.4. The van der Waals surface area contributed by atoms with Crippen molar-refractivity contribution in [2.45, 2.75) is 6.61 Å². The van der Waals surface area contributed by atoms with E-state index in [2.05, 4.69) is 10.5 Å². The number of nitro benzene ring substituents is 1. The molecule has 0 fully saturated rings. The second-order valence-corrected chi connectivity index (χ2v) is 6.71. The van der Waals surface area contributed by atoms with Gasteiger partial charge in [0.25, 0.3) is 11.6 Å². The molecular formula is C22H18ClN3O5. The molecule has 1 N–H and O–H groups in total. The Morgan fingerprint density at radius 3 is 2.61 bits per heavy atom. The predicted molar refractivity (Wildman–Crippen MR) is 117 cm³/mol. The van der Waals surface area contributed by atoms with Crippen LogP contribution >= 0.6 is 11.6 Å². The molecule has 0 aliphatic heterocycles. The molecule has 9 heteroatoms. The number of methoxy groups -OCH3 is 1. The smallest absolute Gasteiger partial charge is 0.288 e. The summed E-state index contributed by atoms with van der Waals surface area (Å²) in [5, 5.41) is 14.8. The van der Waals surface area contributed by atoms with Gasteiger partial charge in [0, 0.05) is 11.6 Å². The van der Waals surface area contributed by atoms with E-state index in [4.69, 9.17) is 21.1 Å². The Morgan fingerprint density at radius 2 is 1.90 bits per heavy atom. The fraction of sp³-hybridized carbons (Fsp3) is 0.0909. The number of halogens is 1. The molecule has 0 heterocycles. The molecule has 3 rings (SSSR count). The predicted octanol–water partition coefficient (Wildman–Crippen LogP) is 4.60. The molecule has 3 aromatic rings. The molecule has 3 aromatic carbocycles. The second-order valence-electron chi connectivity index (χ2n) is 6.31. The number of ether oxygens (including phenoxy) is 2. The molecule has 158 valence electrons. The van der Waals surface area contributed by atoms with E-state index in [1.54, 1.807) is 18.2 Å². The van der Waals surface area contributed by atoms with Crippen LogP contribution in [-0.2, 0) is 6.61 Å². The first kappa shape index (κ1) is 21.8. The molecule has 0 aliphatic rings. The summed E-state index contributed by atoms with van der Waals surface area (Å²) in [6.45, 7) is 0.397. The number of carbonyl (C=O) groups is 1. The molecule has 8 nitrogen and oxygen atoms in total. The van der Waals surface area contributed by atoms with Crippen molar-refractivity contribution < 1.29 is 19.2 Å². The summed E-state index contributed by atoms with van der Waals surface area (Å²) in [6, 6.07) is 18.7. The summed E-state index contributed by atoms with van der Waals surface area (Å²) in [5.41, 5.74) is 3.72. The van der Waals surface area contributed by atoms with Crippen molar-refractivity contribution in [1.29, 1.82) is 0 Å². The van der Waals surface area contributed by atoms with E-state index in [1.165, 1.54) is 25.5 Å².